The molecule has 1 unspecified atom stereocenters. The molecule has 2 saturated heterocycles. The number of nitrogens with two attached hydrogens (primary N) is 1. The predicted molar refractivity (Wildman–Crippen MR) is 65.4 cm³/mol. The molecule has 3 fully saturated rings. The van der Waals surface area contributed by atoms with E-state index < -0.39 is 0 Å². The molecule has 0 amide bonds. The Kier molecular flexibility index (Phi) is 2.75. The monoisotopic (exact) mass is 222 g/mol. The van der Waals surface area contributed by atoms with Crippen molar-refractivity contribution in [2.75, 3.05) is 26.2 Å². The average molecular weight is 222 g/mol. The minimum Gasteiger partial charge on any atom is -0.370 e. The van der Waals surface area contributed by atoms with E-state index >= 15 is 0 Å². The van der Waals surface area contributed by atoms with Crippen LogP contribution < -0.4 is 5.73 Å². The Morgan fingerprint density at radius 1 is 1.06 bits per heavy atom. The highest BCUT2D eigenvalue weighted by Gasteiger charge is 2.31. The van der Waals surface area contributed by atoms with Crippen LogP contribution >= 0.6 is 0 Å². The first-order valence-corrected chi connectivity index (χ1v) is 6.65. The third-order valence-corrected chi connectivity index (χ3v) is 4.01. The van der Waals surface area contributed by atoms with Crippen molar-refractivity contribution in [3.8, 4) is 0 Å². The highest BCUT2D eigenvalue weighted by molar-refractivity contribution is 5.78. The summed E-state index contributed by atoms with van der Waals surface area (Å²) in [4.78, 5) is 9.44. The SMILES string of the molecule is NC(=NC1CC1)N1CCC(N2CCCC2)C1. The van der Waals surface area contributed by atoms with Crippen LogP contribution in [0.15, 0.2) is 4.99 Å². The molecule has 4 heteroatoms. The Balaban J connectivity index is 1.55. The number of hydrogen-bond donors (Lipinski definition) is 1. The summed E-state index contributed by atoms with van der Waals surface area (Å²) in [5.74, 6) is 0.796. The van der Waals surface area contributed by atoms with Crippen LogP contribution in [0.3, 0.4) is 0 Å². The van der Waals surface area contributed by atoms with Gasteiger partial charge in [-0.3, -0.25) is 4.90 Å². The van der Waals surface area contributed by atoms with Gasteiger partial charge in [0.2, 0.25) is 0 Å². The lowest BCUT2D eigenvalue weighted by Crippen LogP contribution is -2.40. The highest BCUT2D eigenvalue weighted by atomic mass is 15.3. The molecule has 3 rings (SSSR count). The van der Waals surface area contributed by atoms with Crippen molar-refractivity contribution in [2.45, 2.75) is 44.2 Å². The Bertz CT molecular complexity index is 279. The molecule has 90 valence electrons. The second-order valence-corrected chi connectivity index (χ2v) is 5.35. The zero-order valence-electron chi connectivity index (χ0n) is 9.94. The molecule has 1 aliphatic carbocycles. The molecule has 0 aromatic heterocycles. The van der Waals surface area contributed by atoms with Gasteiger partial charge in [0, 0.05) is 19.1 Å². The second-order valence-electron chi connectivity index (χ2n) is 5.35. The van der Waals surface area contributed by atoms with Crippen molar-refractivity contribution in [3.05, 3.63) is 0 Å². The highest BCUT2D eigenvalue weighted by Crippen LogP contribution is 2.25. The molecule has 0 bridgehead atoms. The van der Waals surface area contributed by atoms with Gasteiger partial charge in [-0.1, -0.05) is 0 Å². The maximum Gasteiger partial charge on any atom is 0.191 e. The summed E-state index contributed by atoms with van der Waals surface area (Å²) in [7, 11) is 0. The van der Waals surface area contributed by atoms with E-state index in [9.17, 15) is 0 Å². The van der Waals surface area contributed by atoms with Crippen molar-refractivity contribution < 1.29 is 0 Å². The lowest BCUT2D eigenvalue weighted by molar-refractivity contribution is 0.249. The van der Waals surface area contributed by atoms with Crippen LogP contribution in [-0.2, 0) is 0 Å². The lowest BCUT2D eigenvalue weighted by atomic mass is 10.2. The van der Waals surface area contributed by atoms with Crippen LogP contribution in [0.4, 0.5) is 0 Å². The Morgan fingerprint density at radius 2 is 1.81 bits per heavy atom. The standard InChI is InChI=1S/C12H22N4/c13-12(14-10-3-4-10)16-8-5-11(9-16)15-6-1-2-7-15/h10-11H,1-9H2,(H2,13,14). The van der Waals surface area contributed by atoms with Gasteiger partial charge in [-0.2, -0.15) is 0 Å². The first kappa shape index (κ1) is 10.4. The summed E-state index contributed by atoms with van der Waals surface area (Å²) >= 11 is 0. The Labute approximate surface area is 97.5 Å². The van der Waals surface area contributed by atoms with E-state index in [4.69, 9.17) is 5.73 Å². The van der Waals surface area contributed by atoms with Crippen LogP contribution in [0.5, 0.6) is 0 Å². The third kappa shape index (κ3) is 2.17. The zero-order chi connectivity index (χ0) is 11.0. The normalized spacial score (nSPS) is 32.6. The average Bonchev–Trinajstić information content (AvgIpc) is 2.84. The predicted octanol–water partition coefficient (Wildman–Crippen LogP) is 0.634. The largest absolute Gasteiger partial charge is 0.370 e. The smallest absolute Gasteiger partial charge is 0.191 e. The van der Waals surface area contributed by atoms with E-state index in [1.165, 1.54) is 45.2 Å². The molecule has 1 saturated carbocycles. The fraction of sp³-hybridized carbons (Fsp3) is 0.917. The van der Waals surface area contributed by atoms with Crippen LogP contribution in [0.25, 0.3) is 0 Å². The minimum absolute atomic E-state index is 0.547. The van der Waals surface area contributed by atoms with Crippen LogP contribution in [0.2, 0.25) is 0 Å². The van der Waals surface area contributed by atoms with E-state index in [0.717, 1.165) is 25.1 Å². The molecule has 2 heterocycles. The van der Waals surface area contributed by atoms with Gasteiger partial charge in [0.05, 0.1) is 6.04 Å². The molecule has 0 radical (unpaired) electrons. The van der Waals surface area contributed by atoms with Crippen molar-refractivity contribution >= 4 is 5.96 Å². The fourth-order valence-corrected chi connectivity index (χ4v) is 2.83. The number of nitrogens with zero attached hydrogens (tertiary/aromatic N) is 3. The van der Waals surface area contributed by atoms with Gasteiger partial charge in [-0.25, -0.2) is 4.99 Å². The fourth-order valence-electron chi connectivity index (χ4n) is 2.83. The van der Waals surface area contributed by atoms with Crippen LogP contribution in [-0.4, -0.2) is 54.0 Å². The van der Waals surface area contributed by atoms with Crippen molar-refractivity contribution in [1.82, 2.24) is 9.80 Å². The van der Waals surface area contributed by atoms with Gasteiger partial charge in [-0.05, 0) is 45.2 Å². The Morgan fingerprint density at radius 3 is 2.50 bits per heavy atom. The molecule has 3 aliphatic rings. The molecule has 0 spiro atoms. The molecule has 16 heavy (non-hydrogen) atoms. The summed E-state index contributed by atoms with van der Waals surface area (Å²) < 4.78 is 0. The Hall–Kier alpha value is -0.770. The van der Waals surface area contributed by atoms with Gasteiger partial charge in [-0.15, -0.1) is 0 Å². The molecule has 2 N–H and O–H groups in total. The number of rotatable bonds is 2. The van der Waals surface area contributed by atoms with Crippen molar-refractivity contribution in [3.63, 3.8) is 0 Å². The molecular formula is C12H22N4. The second kappa shape index (κ2) is 4.24. The summed E-state index contributed by atoms with van der Waals surface area (Å²) in [5.41, 5.74) is 6.04. The zero-order valence-corrected chi connectivity index (χ0v) is 9.94. The molecule has 4 nitrogen and oxygen atoms in total. The van der Waals surface area contributed by atoms with Crippen LogP contribution in [0, 0.1) is 0 Å². The van der Waals surface area contributed by atoms with Gasteiger partial charge in [0.1, 0.15) is 0 Å². The number of guanidine groups is 1. The maximum atomic E-state index is 6.04. The van der Waals surface area contributed by atoms with Gasteiger partial charge in [0.25, 0.3) is 0 Å². The van der Waals surface area contributed by atoms with E-state index in [1.54, 1.807) is 0 Å². The summed E-state index contributed by atoms with van der Waals surface area (Å²) in [6, 6.07) is 1.28. The number of hydrogen-bond acceptors (Lipinski definition) is 2. The van der Waals surface area contributed by atoms with Gasteiger partial charge in [0.15, 0.2) is 5.96 Å². The van der Waals surface area contributed by atoms with Gasteiger partial charge >= 0.3 is 0 Å². The summed E-state index contributed by atoms with van der Waals surface area (Å²) in [5, 5.41) is 0. The first-order chi connectivity index (χ1) is 7.83. The summed E-state index contributed by atoms with van der Waals surface area (Å²) in [6.45, 7) is 4.78. The quantitative estimate of drug-likeness (QED) is 0.551. The van der Waals surface area contributed by atoms with E-state index in [0.29, 0.717) is 6.04 Å². The minimum atomic E-state index is 0.547. The molecular weight excluding hydrogens is 200 g/mol. The number of likely N-dealkylation sites (tertiary alicyclic amines) is 2. The first-order valence-electron chi connectivity index (χ1n) is 6.65. The molecule has 0 aromatic rings. The third-order valence-electron chi connectivity index (χ3n) is 4.01. The lowest BCUT2D eigenvalue weighted by Gasteiger charge is -2.23. The topological polar surface area (TPSA) is 44.9 Å². The molecule has 0 aromatic carbocycles. The van der Waals surface area contributed by atoms with E-state index in [1.807, 2.05) is 0 Å². The maximum absolute atomic E-state index is 6.04. The van der Waals surface area contributed by atoms with Crippen molar-refractivity contribution in [2.24, 2.45) is 10.7 Å². The van der Waals surface area contributed by atoms with Crippen molar-refractivity contribution in [1.29, 1.82) is 0 Å². The number of aliphatic imine (C=N–C) groups is 1. The van der Waals surface area contributed by atoms with E-state index in [2.05, 4.69) is 14.8 Å². The molecule has 1 atom stereocenters. The molecule has 2 aliphatic heterocycles. The van der Waals surface area contributed by atoms with E-state index in [-0.39, 0.29) is 0 Å². The van der Waals surface area contributed by atoms with Gasteiger partial charge < -0.3 is 10.6 Å². The summed E-state index contributed by atoms with van der Waals surface area (Å²) in [6.07, 6.45) is 6.50. The van der Waals surface area contributed by atoms with Crippen LogP contribution in [0.1, 0.15) is 32.1 Å².